The molecule has 0 spiro atoms. The summed E-state index contributed by atoms with van der Waals surface area (Å²) in [5.74, 6) is -5.62. The molecule has 0 aliphatic carbocycles. The molecule has 2 aliphatic rings. The molecule has 2 rings (SSSR count). The first-order valence-electron chi connectivity index (χ1n) is 14.7. The summed E-state index contributed by atoms with van der Waals surface area (Å²) < 4.78 is 0. The minimum absolute atomic E-state index is 0.0120. The van der Waals surface area contributed by atoms with E-state index in [2.05, 4.69) is 42.2 Å². The molecule has 2 aliphatic heterocycles. The Labute approximate surface area is 269 Å². The number of nitrogens with two attached hydrogens (primary N) is 5. The van der Waals surface area contributed by atoms with Gasteiger partial charge in [0.15, 0.2) is 5.96 Å². The van der Waals surface area contributed by atoms with Crippen molar-refractivity contribution in [3.05, 3.63) is 11.9 Å². The first-order valence-corrected chi connectivity index (χ1v) is 14.7. The van der Waals surface area contributed by atoms with Crippen LogP contribution in [0.25, 0.3) is 0 Å². The second kappa shape index (κ2) is 18.8. The van der Waals surface area contributed by atoms with Crippen LogP contribution < -0.4 is 71.2 Å². The Morgan fingerprint density at radius 3 is 2.36 bits per heavy atom. The molecule has 22 nitrogen and oxygen atoms in total. The van der Waals surface area contributed by atoms with Crippen molar-refractivity contribution in [2.24, 2.45) is 33.7 Å². The van der Waals surface area contributed by atoms with Crippen LogP contribution in [0.1, 0.15) is 25.7 Å². The Bertz CT molecular complexity index is 1240. The van der Waals surface area contributed by atoms with Gasteiger partial charge in [-0.2, -0.15) is 0 Å². The maximum absolute atomic E-state index is 13.5. The summed E-state index contributed by atoms with van der Waals surface area (Å²) in [5, 5.41) is 28.7. The van der Waals surface area contributed by atoms with Crippen molar-refractivity contribution in [2.75, 3.05) is 32.8 Å². The number of carbonyl (C=O) groups is 7. The number of urea groups is 1. The SMILES string of the molecule is NCCCC(N)CC(=O)NCC1NC(=O)[C@H](CO)NC(=O)[C@@H](N)CNC(=O)C([C@H]2CCN=C(N)N2)NC(=O)C(=CNC(N)=O)NC1=O. The number of aliphatic imine (C=N–C) groups is 1. The topological polar surface area (TPSA) is 378 Å². The lowest BCUT2D eigenvalue weighted by Crippen LogP contribution is -2.64. The number of guanidine groups is 1. The van der Waals surface area contributed by atoms with Crippen LogP contribution in [0.5, 0.6) is 0 Å². The molecular formula is C25H44N14O8. The lowest BCUT2D eigenvalue weighted by Gasteiger charge is -2.31. The van der Waals surface area contributed by atoms with Crippen LogP contribution in [0, 0.1) is 0 Å². The van der Waals surface area contributed by atoms with Crippen molar-refractivity contribution in [2.45, 2.75) is 61.9 Å². The molecule has 3 unspecified atom stereocenters. The fourth-order valence-corrected chi connectivity index (χ4v) is 4.35. The van der Waals surface area contributed by atoms with Crippen molar-refractivity contribution in [3.63, 3.8) is 0 Å². The van der Waals surface area contributed by atoms with Gasteiger partial charge in [0.25, 0.3) is 5.91 Å². The predicted octanol–water partition coefficient (Wildman–Crippen LogP) is -8.23. The van der Waals surface area contributed by atoms with Gasteiger partial charge in [-0.05, 0) is 25.8 Å². The number of carbonyl (C=O) groups excluding carboxylic acids is 7. The minimum atomic E-state index is -1.63. The molecule has 262 valence electrons. The number of aliphatic hydroxyl groups excluding tert-OH is 1. The van der Waals surface area contributed by atoms with Crippen molar-refractivity contribution in [3.8, 4) is 0 Å². The fraction of sp³-hybridized carbons (Fsp3) is 0.600. The lowest BCUT2D eigenvalue weighted by atomic mass is 10.0. The molecule has 0 aromatic carbocycles. The molecule has 0 saturated carbocycles. The molecule has 0 radical (unpaired) electrons. The maximum Gasteiger partial charge on any atom is 0.316 e. The van der Waals surface area contributed by atoms with Gasteiger partial charge in [0.1, 0.15) is 29.9 Å². The van der Waals surface area contributed by atoms with Crippen LogP contribution >= 0.6 is 0 Å². The molecule has 2 heterocycles. The summed E-state index contributed by atoms with van der Waals surface area (Å²) in [7, 11) is 0. The number of amides is 8. The average molecular weight is 669 g/mol. The van der Waals surface area contributed by atoms with Crippen LogP contribution in [0.3, 0.4) is 0 Å². The van der Waals surface area contributed by atoms with Gasteiger partial charge in [-0.1, -0.05) is 0 Å². The molecule has 8 amide bonds. The minimum Gasteiger partial charge on any atom is -0.394 e. The molecule has 6 atom stereocenters. The third-order valence-electron chi connectivity index (χ3n) is 6.90. The van der Waals surface area contributed by atoms with Crippen LogP contribution in [0.15, 0.2) is 16.9 Å². The zero-order valence-electron chi connectivity index (χ0n) is 25.5. The van der Waals surface area contributed by atoms with E-state index in [9.17, 15) is 38.7 Å². The van der Waals surface area contributed by atoms with E-state index in [0.29, 0.717) is 19.4 Å². The van der Waals surface area contributed by atoms with Crippen LogP contribution in [0.2, 0.25) is 0 Å². The van der Waals surface area contributed by atoms with E-state index in [4.69, 9.17) is 28.7 Å². The zero-order valence-corrected chi connectivity index (χ0v) is 25.5. The molecule has 1 fully saturated rings. The van der Waals surface area contributed by atoms with E-state index in [1.165, 1.54) is 0 Å². The highest BCUT2D eigenvalue weighted by atomic mass is 16.3. The molecular weight excluding hydrogens is 624 g/mol. The number of nitrogens with zero attached hydrogens (tertiary/aromatic N) is 1. The summed E-state index contributed by atoms with van der Waals surface area (Å²) in [5.41, 5.74) is 27.6. The molecule has 47 heavy (non-hydrogen) atoms. The Morgan fingerprint density at radius 2 is 1.72 bits per heavy atom. The standard InChI is InChI=1S/C25H44N14O8/c26-4-1-2-11(27)6-17(41)32-8-14-20(43)35-15(9-34-25(30)47)21(44)39-18(13-3-5-31-24(29)38-13)23(46)33-7-12(28)19(42)37-16(10-40)22(45)36-14/h9,11-14,16,18,40H,1-8,10,26-28H2,(H,32,41)(H,33,46)(H,35,43)(H,36,45)(H,37,42)(H,39,44)(H3,29,31,38)(H3,30,34,47)/t11?,12-,13+,14?,16-,18?/m0/s1. The maximum atomic E-state index is 13.5. The first-order chi connectivity index (χ1) is 22.2. The first kappa shape index (κ1) is 38.1. The molecule has 22 heteroatoms. The summed E-state index contributed by atoms with van der Waals surface area (Å²) in [4.78, 5) is 93.9. The van der Waals surface area contributed by atoms with Crippen molar-refractivity contribution < 1.29 is 38.7 Å². The highest BCUT2D eigenvalue weighted by molar-refractivity contribution is 6.02. The Kier molecular flexibility index (Phi) is 15.2. The Hall–Kier alpha value is -5.06. The normalized spacial score (nSPS) is 26.3. The second-order valence-electron chi connectivity index (χ2n) is 10.7. The van der Waals surface area contributed by atoms with Crippen molar-refractivity contribution in [1.29, 1.82) is 0 Å². The summed E-state index contributed by atoms with van der Waals surface area (Å²) in [6.45, 7) is -1.36. The van der Waals surface area contributed by atoms with Crippen LogP contribution in [0.4, 0.5) is 4.79 Å². The molecule has 19 N–H and O–H groups in total. The zero-order chi connectivity index (χ0) is 35.1. The summed E-state index contributed by atoms with van der Waals surface area (Å²) in [6.07, 6.45) is 1.86. The largest absolute Gasteiger partial charge is 0.394 e. The third-order valence-corrected chi connectivity index (χ3v) is 6.90. The van der Waals surface area contributed by atoms with E-state index in [0.717, 1.165) is 6.20 Å². The summed E-state index contributed by atoms with van der Waals surface area (Å²) >= 11 is 0. The van der Waals surface area contributed by atoms with Gasteiger partial charge in [0, 0.05) is 38.3 Å². The monoisotopic (exact) mass is 668 g/mol. The number of aliphatic hydroxyl groups is 1. The van der Waals surface area contributed by atoms with Crippen LogP contribution in [-0.2, 0) is 28.8 Å². The van der Waals surface area contributed by atoms with Gasteiger partial charge in [-0.15, -0.1) is 0 Å². The van der Waals surface area contributed by atoms with Gasteiger partial charge in [0.05, 0.1) is 12.6 Å². The van der Waals surface area contributed by atoms with Gasteiger partial charge in [-0.25, -0.2) is 4.79 Å². The number of hydrogen-bond donors (Lipinski definition) is 14. The number of hydrogen-bond acceptors (Lipinski definition) is 14. The number of primary amides is 1. The van der Waals surface area contributed by atoms with Crippen molar-refractivity contribution in [1.82, 2.24) is 42.5 Å². The lowest BCUT2D eigenvalue weighted by molar-refractivity contribution is -0.134. The Balaban J connectivity index is 2.45. The fourth-order valence-electron chi connectivity index (χ4n) is 4.35. The predicted molar refractivity (Wildman–Crippen MR) is 165 cm³/mol. The van der Waals surface area contributed by atoms with Gasteiger partial charge in [-0.3, -0.25) is 33.8 Å². The van der Waals surface area contributed by atoms with Gasteiger partial charge in [0.2, 0.25) is 29.5 Å². The van der Waals surface area contributed by atoms with E-state index in [-0.39, 0.29) is 25.3 Å². The number of nitrogens with one attached hydrogen (secondary N) is 8. The van der Waals surface area contributed by atoms with E-state index in [1.54, 1.807) is 0 Å². The van der Waals surface area contributed by atoms with Crippen molar-refractivity contribution >= 4 is 47.4 Å². The second-order valence-corrected chi connectivity index (χ2v) is 10.7. The van der Waals surface area contributed by atoms with E-state index in [1.807, 2.05) is 5.32 Å². The van der Waals surface area contributed by atoms with Gasteiger partial charge >= 0.3 is 6.03 Å². The van der Waals surface area contributed by atoms with Crippen LogP contribution in [-0.4, -0.2) is 122 Å². The van der Waals surface area contributed by atoms with Gasteiger partial charge < -0.3 is 76.3 Å². The highest BCUT2D eigenvalue weighted by Gasteiger charge is 2.35. The molecule has 1 saturated heterocycles. The van der Waals surface area contributed by atoms with E-state index < -0.39 is 103 Å². The average Bonchev–Trinajstić information content (AvgIpc) is 3.02. The third kappa shape index (κ3) is 12.7. The highest BCUT2D eigenvalue weighted by Crippen LogP contribution is 2.07. The molecule has 0 bridgehead atoms. The molecule has 0 aromatic heterocycles. The Morgan fingerprint density at radius 1 is 1.02 bits per heavy atom. The quantitative estimate of drug-likeness (QED) is 0.0963. The molecule has 0 aromatic rings. The summed E-state index contributed by atoms with van der Waals surface area (Å²) in [6, 6.07) is -8.54. The van der Waals surface area contributed by atoms with E-state index >= 15 is 0 Å². The smallest absolute Gasteiger partial charge is 0.316 e. The number of rotatable bonds is 10.